The van der Waals surface area contributed by atoms with Gasteiger partial charge in [-0.15, -0.1) is 0 Å². The highest BCUT2D eigenvalue weighted by molar-refractivity contribution is 6.24. The van der Waals surface area contributed by atoms with Crippen molar-refractivity contribution in [1.29, 1.82) is 0 Å². The Labute approximate surface area is 233 Å². The molecule has 0 atom stereocenters. The highest BCUT2D eigenvalue weighted by Crippen LogP contribution is 2.46. The third kappa shape index (κ3) is 3.47. The molecule has 0 heteroatoms. The van der Waals surface area contributed by atoms with E-state index >= 15 is 0 Å². The molecule has 0 fully saturated rings. The lowest BCUT2D eigenvalue weighted by molar-refractivity contribution is 1.65. The smallest absolute Gasteiger partial charge is 0.00201 e. The highest BCUT2D eigenvalue weighted by Gasteiger charge is 2.19. The van der Waals surface area contributed by atoms with Gasteiger partial charge in [-0.3, -0.25) is 0 Å². The van der Waals surface area contributed by atoms with Gasteiger partial charge in [0.25, 0.3) is 0 Å². The second-order valence-electron chi connectivity index (χ2n) is 10.4. The average molecular weight is 507 g/mol. The minimum Gasteiger partial charge on any atom is -0.0622 e. The molecule has 0 N–H and O–H groups in total. The van der Waals surface area contributed by atoms with Crippen LogP contribution in [-0.4, -0.2) is 0 Å². The molecule has 0 heterocycles. The lowest BCUT2D eigenvalue weighted by Gasteiger charge is -2.20. The van der Waals surface area contributed by atoms with Gasteiger partial charge < -0.3 is 0 Å². The Morgan fingerprint density at radius 1 is 0.225 bits per heavy atom. The van der Waals surface area contributed by atoms with Gasteiger partial charge in [0.1, 0.15) is 0 Å². The Morgan fingerprint density at radius 2 is 0.650 bits per heavy atom. The minimum atomic E-state index is 1.25. The summed E-state index contributed by atoms with van der Waals surface area (Å²) in [6.07, 6.45) is 0. The summed E-state index contributed by atoms with van der Waals surface area (Å²) in [7, 11) is 0. The third-order valence-corrected chi connectivity index (χ3v) is 8.27. The van der Waals surface area contributed by atoms with Crippen molar-refractivity contribution in [3.8, 4) is 33.4 Å². The summed E-state index contributed by atoms with van der Waals surface area (Å²) in [5, 5.41) is 10.2. The van der Waals surface area contributed by atoms with E-state index in [9.17, 15) is 0 Å². The third-order valence-electron chi connectivity index (χ3n) is 8.27. The molecule has 0 unspecified atom stereocenters. The maximum Gasteiger partial charge on any atom is -0.00201 e. The molecule has 0 aromatic heterocycles. The van der Waals surface area contributed by atoms with E-state index in [0.717, 1.165) is 0 Å². The molecule has 0 spiro atoms. The normalized spacial score (nSPS) is 11.5. The Kier molecular flexibility index (Phi) is 5.24. The molecule has 0 bridgehead atoms. The van der Waals surface area contributed by atoms with Gasteiger partial charge in [0.15, 0.2) is 0 Å². The van der Waals surface area contributed by atoms with Crippen LogP contribution in [-0.2, 0) is 0 Å². The Balaban J connectivity index is 1.49. The van der Waals surface area contributed by atoms with E-state index in [0.29, 0.717) is 0 Å². The molecule has 8 rings (SSSR count). The van der Waals surface area contributed by atoms with Crippen LogP contribution >= 0.6 is 0 Å². The summed E-state index contributed by atoms with van der Waals surface area (Å²) < 4.78 is 0. The highest BCUT2D eigenvalue weighted by atomic mass is 14.2. The molecule has 8 aromatic rings. The van der Waals surface area contributed by atoms with Crippen molar-refractivity contribution >= 4 is 43.1 Å². The molecule has 0 nitrogen and oxygen atoms in total. The van der Waals surface area contributed by atoms with Crippen molar-refractivity contribution in [3.05, 3.63) is 158 Å². The summed E-state index contributed by atoms with van der Waals surface area (Å²) in [4.78, 5) is 0. The van der Waals surface area contributed by atoms with Gasteiger partial charge in [-0.2, -0.15) is 0 Å². The largest absolute Gasteiger partial charge is 0.0622 e. The van der Waals surface area contributed by atoms with Crippen LogP contribution < -0.4 is 0 Å². The summed E-state index contributed by atoms with van der Waals surface area (Å²) >= 11 is 0. The molecule has 8 aromatic carbocycles. The zero-order valence-electron chi connectivity index (χ0n) is 22.0. The number of hydrogen-bond donors (Lipinski definition) is 0. The summed E-state index contributed by atoms with van der Waals surface area (Å²) in [5.41, 5.74) is 7.66. The fourth-order valence-corrected chi connectivity index (χ4v) is 6.55. The van der Waals surface area contributed by atoms with Crippen LogP contribution in [0.1, 0.15) is 0 Å². The quantitative estimate of drug-likeness (QED) is 0.209. The van der Waals surface area contributed by atoms with Gasteiger partial charge in [-0.05, 0) is 76.5 Å². The Bertz CT molecular complexity index is 2140. The zero-order valence-corrected chi connectivity index (χ0v) is 22.0. The van der Waals surface area contributed by atoms with E-state index in [-0.39, 0.29) is 0 Å². The van der Waals surface area contributed by atoms with Gasteiger partial charge in [0, 0.05) is 0 Å². The number of benzene rings is 8. The van der Waals surface area contributed by atoms with Crippen LogP contribution in [0.5, 0.6) is 0 Å². The van der Waals surface area contributed by atoms with Crippen molar-refractivity contribution in [3.63, 3.8) is 0 Å². The second kappa shape index (κ2) is 9.22. The first-order valence-electron chi connectivity index (χ1n) is 13.9. The fraction of sp³-hybridized carbons (Fsp3) is 0. The fourth-order valence-electron chi connectivity index (χ4n) is 6.55. The van der Waals surface area contributed by atoms with Crippen LogP contribution in [0, 0.1) is 0 Å². The van der Waals surface area contributed by atoms with Crippen molar-refractivity contribution < 1.29 is 0 Å². The van der Waals surface area contributed by atoms with Crippen molar-refractivity contribution in [2.24, 2.45) is 0 Å². The van der Waals surface area contributed by atoms with Gasteiger partial charge in [-0.1, -0.05) is 158 Å². The number of hydrogen-bond acceptors (Lipinski definition) is 0. The van der Waals surface area contributed by atoms with E-state index in [1.807, 2.05) is 0 Å². The van der Waals surface area contributed by atoms with Crippen LogP contribution in [0.25, 0.3) is 76.5 Å². The number of fused-ring (bicyclic) bond motifs is 4. The second-order valence-corrected chi connectivity index (χ2v) is 10.4. The molecule has 0 aliphatic rings. The summed E-state index contributed by atoms with van der Waals surface area (Å²) in [6.45, 7) is 0. The molecule has 0 saturated heterocycles. The van der Waals surface area contributed by atoms with Crippen LogP contribution in [0.2, 0.25) is 0 Å². The topological polar surface area (TPSA) is 0 Å². The predicted molar refractivity (Wildman–Crippen MR) is 173 cm³/mol. The SMILES string of the molecule is c1ccc(-c2c3ccccc3c(-c3ccc(-c4cccc5ccccc45)c4ccccc34)c3ccccc23)cc1. The van der Waals surface area contributed by atoms with E-state index in [2.05, 4.69) is 158 Å². The summed E-state index contributed by atoms with van der Waals surface area (Å²) in [5.74, 6) is 0. The lowest BCUT2D eigenvalue weighted by Crippen LogP contribution is -1.92. The van der Waals surface area contributed by atoms with Gasteiger partial charge in [0.2, 0.25) is 0 Å². The van der Waals surface area contributed by atoms with E-state index in [1.54, 1.807) is 0 Å². The molecule has 0 saturated carbocycles. The van der Waals surface area contributed by atoms with Crippen molar-refractivity contribution in [1.82, 2.24) is 0 Å². The molecule has 0 aliphatic heterocycles. The van der Waals surface area contributed by atoms with Crippen LogP contribution in [0.3, 0.4) is 0 Å². The predicted octanol–water partition coefficient (Wildman–Crippen LogP) is 11.3. The Morgan fingerprint density at radius 3 is 1.30 bits per heavy atom. The monoisotopic (exact) mass is 506 g/mol. The number of rotatable bonds is 3. The molecular weight excluding hydrogens is 480 g/mol. The van der Waals surface area contributed by atoms with E-state index < -0.39 is 0 Å². The van der Waals surface area contributed by atoms with E-state index in [1.165, 1.54) is 76.5 Å². The molecule has 0 aliphatic carbocycles. The lowest BCUT2D eigenvalue weighted by atomic mass is 9.83. The Hall–Kier alpha value is -5.20. The van der Waals surface area contributed by atoms with E-state index in [4.69, 9.17) is 0 Å². The molecule has 40 heavy (non-hydrogen) atoms. The molecule has 0 amide bonds. The first-order valence-corrected chi connectivity index (χ1v) is 13.9. The molecular formula is C40H26. The zero-order chi connectivity index (χ0) is 26.5. The average Bonchev–Trinajstić information content (AvgIpc) is 3.03. The minimum absolute atomic E-state index is 1.25. The maximum atomic E-state index is 2.34. The van der Waals surface area contributed by atoms with Gasteiger partial charge >= 0.3 is 0 Å². The standard InChI is InChI=1S/C40H26/c1-2-14-28(15-3-1)39-34-20-8-10-22-36(34)40(37-23-11-9-21-35(37)39)38-26-25-33(31-18-6-7-19-32(31)38)30-24-12-16-27-13-4-5-17-29(27)30/h1-26H. The molecule has 0 radical (unpaired) electrons. The van der Waals surface area contributed by atoms with Crippen molar-refractivity contribution in [2.75, 3.05) is 0 Å². The first kappa shape index (κ1) is 22.8. The maximum absolute atomic E-state index is 2.34. The first-order chi connectivity index (χ1) is 19.9. The van der Waals surface area contributed by atoms with Gasteiger partial charge in [-0.25, -0.2) is 0 Å². The van der Waals surface area contributed by atoms with Crippen LogP contribution in [0.15, 0.2) is 158 Å². The van der Waals surface area contributed by atoms with Crippen LogP contribution in [0.4, 0.5) is 0 Å². The molecule has 186 valence electrons. The van der Waals surface area contributed by atoms with Gasteiger partial charge in [0.05, 0.1) is 0 Å². The summed E-state index contributed by atoms with van der Waals surface area (Å²) in [6, 6.07) is 57.5. The van der Waals surface area contributed by atoms with Crippen molar-refractivity contribution in [2.45, 2.75) is 0 Å².